The summed E-state index contributed by atoms with van der Waals surface area (Å²) in [6, 6.07) is 13.0. The third-order valence-electron chi connectivity index (χ3n) is 4.06. The van der Waals surface area contributed by atoms with E-state index in [1.54, 1.807) is 0 Å². The molecule has 0 aliphatic heterocycles. The summed E-state index contributed by atoms with van der Waals surface area (Å²) in [5.41, 5.74) is 6.57. The summed E-state index contributed by atoms with van der Waals surface area (Å²) in [6.45, 7) is 0. The molecule has 8 nitrogen and oxygen atoms in total. The van der Waals surface area contributed by atoms with Gasteiger partial charge in [-0.1, -0.05) is 12.1 Å². The van der Waals surface area contributed by atoms with E-state index in [2.05, 4.69) is 15.8 Å². The molecule has 2 amide bonds. The first-order chi connectivity index (χ1) is 12.8. The molecule has 0 aliphatic carbocycles. The molecule has 9 heteroatoms. The summed E-state index contributed by atoms with van der Waals surface area (Å²) < 4.78 is 24.7. The van der Waals surface area contributed by atoms with Gasteiger partial charge in [0, 0.05) is 18.9 Å². The van der Waals surface area contributed by atoms with Crippen molar-refractivity contribution < 1.29 is 18.0 Å². The lowest BCUT2D eigenvalue weighted by Gasteiger charge is -2.08. The number of hydrogen-bond acceptors (Lipinski definition) is 5. The largest absolute Gasteiger partial charge is 0.331 e. The lowest BCUT2D eigenvalue weighted by atomic mass is 10.2. The second-order valence-electron chi connectivity index (χ2n) is 6.05. The Hall–Kier alpha value is -3.20. The highest BCUT2D eigenvalue weighted by Gasteiger charge is 2.13. The van der Waals surface area contributed by atoms with E-state index in [0.29, 0.717) is 5.82 Å². The molecule has 0 radical (unpaired) electrons. The number of hydrazine groups is 1. The normalized spacial score (nSPS) is 11.3. The van der Waals surface area contributed by atoms with Crippen LogP contribution in [0.4, 0.5) is 0 Å². The number of fused-ring (bicyclic) bond motifs is 1. The Morgan fingerprint density at radius 3 is 2.33 bits per heavy atom. The minimum Gasteiger partial charge on any atom is -0.331 e. The van der Waals surface area contributed by atoms with Gasteiger partial charge in [-0.3, -0.25) is 20.4 Å². The first-order valence-corrected chi connectivity index (χ1v) is 9.94. The van der Waals surface area contributed by atoms with Crippen molar-refractivity contribution in [1.29, 1.82) is 0 Å². The summed E-state index contributed by atoms with van der Waals surface area (Å²) >= 11 is 0. The van der Waals surface area contributed by atoms with Crippen LogP contribution in [-0.4, -0.2) is 36.0 Å². The van der Waals surface area contributed by atoms with Crippen LogP contribution in [0.3, 0.4) is 0 Å². The van der Waals surface area contributed by atoms with Gasteiger partial charge in [-0.15, -0.1) is 0 Å². The van der Waals surface area contributed by atoms with E-state index >= 15 is 0 Å². The van der Waals surface area contributed by atoms with Gasteiger partial charge in [0.25, 0.3) is 5.91 Å². The standard InChI is InChI=1S/C18H18N4O4S/c1-22-15-6-4-3-5-14(15)19-16(22)11-17(23)20-21-18(24)12-7-9-13(10-8-12)27(2,25)26/h3-10H,11H2,1-2H3,(H,20,23)(H,21,24). The van der Waals surface area contributed by atoms with Gasteiger partial charge < -0.3 is 4.57 Å². The van der Waals surface area contributed by atoms with Gasteiger partial charge in [-0.2, -0.15) is 0 Å². The maximum atomic E-state index is 12.1. The van der Waals surface area contributed by atoms with E-state index in [1.165, 1.54) is 24.3 Å². The molecule has 3 rings (SSSR count). The Bertz CT molecular complexity index is 1120. The number of amides is 2. The number of nitrogens with zero attached hydrogens (tertiary/aromatic N) is 2. The monoisotopic (exact) mass is 386 g/mol. The van der Waals surface area contributed by atoms with Crippen molar-refractivity contribution in [1.82, 2.24) is 20.4 Å². The van der Waals surface area contributed by atoms with Crippen molar-refractivity contribution in [3.8, 4) is 0 Å². The molecule has 0 fully saturated rings. The van der Waals surface area contributed by atoms with E-state index in [4.69, 9.17) is 0 Å². The molecule has 0 unspecified atom stereocenters. The fraction of sp³-hybridized carbons (Fsp3) is 0.167. The van der Waals surface area contributed by atoms with Crippen molar-refractivity contribution in [2.24, 2.45) is 7.05 Å². The molecule has 27 heavy (non-hydrogen) atoms. The van der Waals surface area contributed by atoms with Gasteiger partial charge in [0.05, 0.1) is 22.3 Å². The maximum Gasteiger partial charge on any atom is 0.269 e. The number of para-hydroxylation sites is 2. The highest BCUT2D eigenvalue weighted by molar-refractivity contribution is 7.90. The molecule has 1 heterocycles. The zero-order valence-electron chi connectivity index (χ0n) is 14.8. The Morgan fingerprint density at radius 2 is 1.70 bits per heavy atom. The van der Waals surface area contributed by atoms with Crippen LogP contribution in [0.1, 0.15) is 16.2 Å². The van der Waals surface area contributed by atoms with Gasteiger partial charge in [0.2, 0.25) is 5.91 Å². The predicted molar refractivity (Wildman–Crippen MR) is 99.6 cm³/mol. The van der Waals surface area contributed by atoms with Crippen molar-refractivity contribution in [2.75, 3.05) is 6.26 Å². The molecular formula is C18H18N4O4S. The molecule has 0 bridgehead atoms. The van der Waals surface area contributed by atoms with Crippen LogP contribution < -0.4 is 10.9 Å². The molecule has 3 aromatic rings. The zero-order valence-corrected chi connectivity index (χ0v) is 15.6. The van der Waals surface area contributed by atoms with Gasteiger partial charge >= 0.3 is 0 Å². The molecular weight excluding hydrogens is 368 g/mol. The van der Waals surface area contributed by atoms with Crippen molar-refractivity contribution in [2.45, 2.75) is 11.3 Å². The van der Waals surface area contributed by atoms with Crippen LogP contribution in [0, 0.1) is 0 Å². The quantitative estimate of drug-likeness (QED) is 0.650. The molecule has 0 atom stereocenters. The van der Waals surface area contributed by atoms with Gasteiger partial charge in [0.15, 0.2) is 9.84 Å². The highest BCUT2D eigenvalue weighted by Crippen LogP contribution is 2.14. The Morgan fingerprint density at radius 1 is 1.04 bits per heavy atom. The zero-order chi connectivity index (χ0) is 19.6. The smallest absolute Gasteiger partial charge is 0.269 e. The first kappa shape index (κ1) is 18.6. The number of benzene rings is 2. The minimum absolute atomic E-state index is 0.00151. The van der Waals surface area contributed by atoms with Crippen LogP contribution in [0.2, 0.25) is 0 Å². The molecule has 0 spiro atoms. The number of carbonyl (C=O) groups excluding carboxylic acids is 2. The maximum absolute atomic E-state index is 12.1. The van der Waals surface area contributed by atoms with E-state index < -0.39 is 21.7 Å². The van der Waals surface area contributed by atoms with E-state index in [1.807, 2.05) is 35.9 Å². The Balaban J connectivity index is 1.61. The summed E-state index contributed by atoms with van der Waals surface area (Å²) in [6.07, 6.45) is 1.09. The minimum atomic E-state index is -3.33. The highest BCUT2D eigenvalue weighted by atomic mass is 32.2. The second-order valence-corrected chi connectivity index (χ2v) is 8.07. The van der Waals surface area contributed by atoms with Crippen LogP contribution >= 0.6 is 0 Å². The molecule has 1 aromatic heterocycles. The number of sulfone groups is 1. The van der Waals surface area contributed by atoms with Crippen LogP contribution in [-0.2, 0) is 28.1 Å². The molecule has 140 valence electrons. The summed E-state index contributed by atoms with van der Waals surface area (Å²) in [4.78, 5) is 28.7. The van der Waals surface area contributed by atoms with Gasteiger partial charge in [0.1, 0.15) is 5.82 Å². The SMILES string of the molecule is Cn1c(CC(=O)NNC(=O)c2ccc(S(C)(=O)=O)cc2)nc2ccccc21. The van der Waals surface area contributed by atoms with Crippen LogP contribution in [0.15, 0.2) is 53.4 Å². The summed E-state index contributed by atoms with van der Waals surface area (Å²) in [7, 11) is -1.51. The Kier molecular flexibility index (Phi) is 4.95. The topological polar surface area (TPSA) is 110 Å². The third-order valence-corrected chi connectivity index (χ3v) is 5.19. The predicted octanol–water partition coefficient (Wildman–Crippen LogP) is 0.981. The lowest BCUT2D eigenvalue weighted by Crippen LogP contribution is -2.42. The van der Waals surface area contributed by atoms with E-state index in [9.17, 15) is 18.0 Å². The van der Waals surface area contributed by atoms with Crippen LogP contribution in [0.5, 0.6) is 0 Å². The average Bonchev–Trinajstić information content (AvgIpc) is 2.95. The van der Waals surface area contributed by atoms with Gasteiger partial charge in [-0.05, 0) is 36.4 Å². The van der Waals surface area contributed by atoms with E-state index in [0.717, 1.165) is 17.3 Å². The van der Waals surface area contributed by atoms with Crippen LogP contribution in [0.25, 0.3) is 11.0 Å². The number of nitrogens with one attached hydrogen (secondary N) is 2. The van der Waals surface area contributed by atoms with Crippen molar-refractivity contribution in [3.63, 3.8) is 0 Å². The molecule has 0 aliphatic rings. The molecule has 0 saturated carbocycles. The third kappa shape index (κ3) is 4.14. The first-order valence-electron chi connectivity index (χ1n) is 8.05. The number of hydrogen-bond donors (Lipinski definition) is 2. The molecule has 0 saturated heterocycles. The number of rotatable bonds is 4. The second kappa shape index (κ2) is 7.20. The van der Waals surface area contributed by atoms with E-state index in [-0.39, 0.29) is 16.9 Å². The molecule has 2 N–H and O–H groups in total. The Labute approximate surface area is 156 Å². The number of aromatic nitrogens is 2. The number of aryl methyl sites for hydroxylation is 1. The summed E-state index contributed by atoms with van der Waals surface area (Å²) in [5.74, 6) is -0.400. The summed E-state index contributed by atoms with van der Waals surface area (Å²) in [5, 5.41) is 0. The fourth-order valence-corrected chi connectivity index (χ4v) is 3.22. The lowest BCUT2D eigenvalue weighted by molar-refractivity contribution is -0.121. The number of imidazole rings is 1. The average molecular weight is 386 g/mol. The van der Waals surface area contributed by atoms with Gasteiger partial charge in [-0.25, -0.2) is 13.4 Å². The fourth-order valence-electron chi connectivity index (χ4n) is 2.59. The molecule has 2 aromatic carbocycles. The van der Waals surface area contributed by atoms with Crippen molar-refractivity contribution >= 4 is 32.7 Å². The van der Waals surface area contributed by atoms with Crippen molar-refractivity contribution in [3.05, 3.63) is 59.9 Å². The number of carbonyl (C=O) groups is 2.